The van der Waals surface area contributed by atoms with Crippen LogP contribution in [0.1, 0.15) is 30.9 Å². The summed E-state index contributed by atoms with van der Waals surface area (Å²) in [7, 11) is 0. The summed E-state index contributed by atoms with van der Waals surface area (Å²) in [6, 6.07) is 22.5. The van der Waals surface area contributed by atoms with Gasteiger partial charge in [-0.3, -0.25) is 9.83 Å². The van der Waals surface area contributed by atoms with Gasteiger partial charge in [-0.15, -0.1) is 0 Å². The zero-order valence-electron chi connectivity index (χ0n) is 20.7. The van der Waals surface area contributed by atoms with Crippen LogP contribution >= 0.6 is 12.2 Å². The molecule has 192 valence electrons. The lowest BCUT2D eigenvalue weighted by atomic mass is 10.0. The fraction of sp³-hybridized carbons (Fsp3) is 0.138. The summed E-state index contributed by atoms with van der Waals surface area (Å²) < 4.78 is 31.3. The summed E-state index contributed by atoms with van der Waals surface area (Å²) >= 11 is 5.41. The van der Waals surface area contributed by atoms with E-state index in [9.17, 15) is 8.78 Å². The van der Waals surface area contributed by atoms with Crippen LogP contribution in [0.15, 0.2) is 90.3 Å². The topological polar surface area (TPSA) is 63.0 Å². The molecule has 0 aliphatic rings. The van der Waals surface area contributed by atoms with Crippen LogP contribution in [-0.4, -0.2) is 27.3 Å². The van der Waals surface area contributed by atoms with E-state index in [0.29, 0.717) is 11.0 Å². The monoisotopic (exact) mass is 529 g/mol. The number of aromatic nitrogens is 2. The van der Waals surface area contributed by atoms with Crippen LogP contribution in [0.3, 0.4) is 0 Å². The molecule has 0 saturated carbocycles. The normalized spacial score (nSPS) is 11.6. The van der Waals surface area contributed by atoms with Crippen molar-refractivity contribution in [3.63, 3.8) is 0 Å². The number of hydrogen-bond donors (Lipinski definition) is 2. The van der Waals surface area contributed by atoms with Gasteiger partial charge >= 0.3 is 6.61 Å². The maximum Gasteiger partial charge on any atom is 0.387 e. The molecule has 0 fully saturated rings. The Morgan fingerprint density at radius 1 is 1.05 bits per heavy atom. The molecule has 0 spiro atoms. The molecule has 5 rings (SSSR count). The third-order valence-electron chi connectivity index (χ3n) is 6.10. The minimum atomic E-state index is -2.85. The summed E-state index contributed by atoms with van der Waals surface area (Å²) in [5.41, 5.74) is 8.41. The van der Waals surface area contributed by atoms with Gasteiger partial charge in [0.25, 0.3) is 0 Å². The molecule has 38 heavy (non-hydrogen) atoms. The van der Waals surface area contributed by atoms with Crippen molar-refractivity contribution in [2.45, 2.75) is 26.4 Å². The highest BCUT2D eigenvalue weighted by atomic mass is 32.1. The van der Waals surface area contributed by atoms with Gasteiger partial charge in [0, 0.05) is 22.8 Å². The van der Waals surface area contributed by atoms with Crippen molar-refractivity contribution in [1.29, 1.82) is 0 Å². The first-order valence-corrected chi connectivity index (χ1v) is 12.4. The SMILES string of the molecule is CC(C)c1ccccc1NC(=S)N/N=C/c1ccc2c(ccn3c(-c4ccc(OC(F)F)cc4)cnc23)c1. The van der Waals surface area contributed by atoms with Crippen LogP contribution in [0.5, 0.6) is 5.75 Å². The van der Waals surface area contributed by atoms with Gasteiger partial charge in [0.15, 0.2) is 5.11 Å². The number of fused-ring (bicyclic) bond motifs is 3. The molecule has 0 saturated heterocycles. The third kappa shape index (κ3) is 5.47. The predicted molar refractivity (Wildman–Crippen MR) is 152 cm³/mol. The molecule has 0 amide bonds. The number of para-hydroxylation sites is 1. The third-order valence-corrected chi connectivity index (χ3v) is 6.30. The number of nitrogens with one attached hydrogen (secondary N) is 2. The number of hydrogen-bond acceptors (Lipinski definition) is 4. The van der Waals surface area contributed by atoms with E-state index >= 15 is 0 Å². The number of rotatable bonds is 7. The maximum atomic E-state index is 12.4. The summed E-state index contributed by atoms with van der Waals surface area (Å²) in [6.45, 7) is 1.42. The van der Waals surface area contributed by atoms with Crippen LogP contribution in [0, 0.1) is 0 Å². The van der Waals surface area contributed by atoms with Gasteiger partial charge in [0.2, 0.25) is 0 Å². The minimum absolute atomic E-state index is 0.114. The fourth-order valence-electron chi connectivity index (χ4n) is 4.32. The van der Waals surface area contributed by atoms with Crippen LogP contribution in [-0.2, 0) is 0 Å². The van der Waals surface area contributed by atoms with Crippen molar-refractivity contribution < 1.29 is 13.5 Å². The van der Waals surface area contributed by atoms with E-state index < -0.39 is 6.61 Å². The Kier molecular flexibility index (Phi) is 7.28. The number of pyridine rings is 1. The number of thiocarbonyl (C=S) groups is 1. The molecule has 0 bridgehead atoms. The number of anilines is 1. The second kappa shape index (κ2) is 10.9. The standard InChI is InChI=1S/C29H25F2N5OS/c1-18(2)23-5-3-4-6-25(23)34-29(38)35-33-16-19-7-12-24-21(15-19)13-14-36-26(17-32-27(24)36)20-8-10-22(11-9-20)37-28(30)31/h3-18,28H,1-2H3,(H2,34,35,38)/b33-16+. The highest BCUT2D eigenvalue weighted by Gasteiger charge is 2.11. The van der Waals surface area contributed by atoms with E-state index in [0.717, 1.165) is 38.9 Å². The van der Waals surface area contributed by atoms with Crippen molar-refractivity contribution in [3.8, 4) is 17.0 Å². The molecule has 2 aromatic heterocycles. The Hall–Kier alpha value is -4.37. The Labute approximate surface area is 224 Å². The highest BCUT2D eigenvalue weighted by molar-refractivity contribution is 7.80. The molecule has 5 aromatic rings. The van der Waals surface area contributed by atoms with Crippen molar-refractivity contribution in [1.82, 2.24) is 14.8 Å². The van der Waals surface area contributed by atoms with Gasteiger partial charge < -0.3 is 10.1 Å². The van der Waals surface area contributed by atoms with E-state index in [4.69, 9.17) is 12.2 Å². The van der Waals surface area contributed by atoms with Crippen LogP contribution in [0.4, 0.5) is 14.5 Å². The quantitative estimate of drug-likeness (QED) is 0.133. The molecule has 2 N–H and O–H groups in total. The molecule has 0 atom stereocenters. The molecule has 0 radical (unpaired) electrons. The van der Waals surface area contributed by atoms with Gasteiger partial charge in [-0.25, -0.2) is 4.98 Å². The lowest BCUT2D eigenvalue weighted by Crippen LogP contribution is -2.24. The summed E-state index contributed by atoms with van der Waals surface area (Å²) in [5.74, 6) is 0.483. The smallest absolute Gasteiger partial charge is 0.387 e. The average Bonchev–Trinajstić information content (AvgIpc) is 3.33. The molecule has 2 heterocycles. The van der Waals surface area contributed by atoms with Crippen LogP contribution in [0.2, 0.25) is 0 Å². The second-order valence-corrected chi connectivity index (χ2v) is 9.38. The molecule has 6 nitrogen and oxygen atoms in total. The molecule has 9 heteroatoms. The average molecular weight is 530 g/mol. The van der Waals surface area contributed by atoms with E-state index in [2.05, 4.69) is 45.5 Å². The zero-order chi connectivity index (χ0) is 26.6. The first-order valence-electron chi connectivity index (χ1n) is 12.0. The number of hydrazone groups is 1. The molecule has 0 aliphatic heterocycles. The molecular formula is C29H25F2N5OS. The van der Waals surface area contributed by atoms with Gasteiger partial charge in [-0.2, -0.15) is 13.9 Å². The van der Waals surface area contributed by atoms with Crippen molar-refractivity contribution >= 4 is 45.7 Å². The molecule has 3 aromatic carbocycles. The zero-order valence-corrected chi connectivity index (χ0v) is 21.5. The number of halogens is 2. The van der Waals surface area contributed by atoms with Gasteiger partial charge in [0.05, 0.1) is 18.1 Å². The number of imidazole rings is 1. The first-order chi connectivity index (χ1) is 18.4. The number of alkyl halides is 2. The van der Waals surface area contributed by atoms with Crippen molar-refractivity contribution in [3.05, 3.63) is 96.3 Å². The number of nitrogens with zero attached hydrogens (tertiary/aromatic N) is 3. The van der Waals surface area contributed by atoms with Gasteiger partial charge in [-0.05, 0) is 83.2 Å². The lowest BCUT2D eigenvalue weighted by Gasteiger charge is -2.14. The van der Waals surface area contributed by atoms with Crippen molar-refractivity contribution in [2.24, 2.45) is 5.10 Å². The molecule has 0 unspecified atom stereocenters. The minimum Gasteiger partial charge on any atom is -0.435 e. The Balaban J connectivity index is 1.31. The molecule has 0 aliphatic carbocycles. The van der Waals surface area contributed by atoms with Crippen molar-refractivity contribution in [2.75, 3.05) is 5.32 Å². The van der Waals surface area contributed by atoms with E-state index in [-0.39, 0.29) is 5.75 Å². The summed E-state index contributed by atoms with van der Waals surface area (Å²) in [5, 5.41) is 9.90. The number of benzene rings is 3. The number of ether oxygens (including phenoxy) is 1. The summed E-state index contributed by atoms with van der Waals surface area (Å²) in [6.07, 6.45) is 5.42. The van der Waals surface area contributed by atoms with Gasteiger partial charge in [0.1, 0.15) is 11.4 Å². The second-order valence-electron chi connectivity index (χ2n) is 8.97. The first kappa shape index (κ1) is 25.3. The van der Waals surface area contributed by atoms with E-state index in [1.54, 1.807) is 24.5 Å². The summed E-state index contributed by atoms with van der Waals surface area (Å²) in [4.78, 5) is 4.61. The Bertz CT molecular complexity index is 1630. The maximum absolute atomic E-state index is 12.4. The highest BCUT2D eigenvalue weighted by Crippen LogP contribution is 2.28. The lowest BCUT2D eigenvalue weighted by molar-refractivity contribution is -0.0498. The fourth-order valence-corrected chi connectivity index (χ4v) is 4.48. The van der Waals surface area contributed by atoms with Crippen LogP contribution in [0.25, 0.3) is 27.7 Å². The Morgan fingerprint density at radius 3 is 2.61 bits per heavy atom. The molecular weight excluding hydrogens is 504 g/mol. The van der Waals surface area contributed by atoms with E-state index in [1.165, 1.54) is 17.7 Å². The predicted octanol–water partition coefficient (Wildman–Crippen LogP) is 7.20. The van der Waals surface area contributed by atoms with E-state index in [1.807, 2.05) is 53.1 Å². The Morgan fingerprint density at radius 2 is 1.84 bits per heavy atom. The largest absolute Gasteiger partial charge is 0.435 e. The van der Waals surface area contributed by atoms with Gasteiger partial charge in [-0.1, -0.05) is 38.1 Å². The van der Waals surface area contributed by atoms with Crippen LogP contribution < -0.4 is 15.5 Å².